The van der Waals surface area contributed by atoms with Gasteiger partial charge in [0.05, 0.1) is 25.4 Å². The van der Waals surface area contributed by atoms with E-state index in [-0.39, 0.29) is 31.4 Å². The highest BCUT2D eigenvalue weighted by molar-refractivity contribution is 5.85. The molecule has 0 unspecified atom stereocenters. The summed E-state index contributed by atoms with van der Waals surface area (Å²) in [7, 11) is 0. The molecule has 0 radical (unpaired) electrons. The molecule has 0 aromatic heterocycles. The molecule has 3 rings (SSSR count). The maximum Gasteiger partial charge on any atom is 0.405 e. The molecular formula is C32H45F2N3O6. The predicted octanol–water partition coefficient (Wildman–Crippen LogP) is 4.45. The Morgan fingerprint density at radius 1 is 0.977 bits per heavy atom. The van der Waals surface area contributed by atoms with Gasteiger partial charge in [0.2, 0.25) is 5.91 Å². The van der Waals surface area contributed by atoms with E-state index in [1.54, 1.807) is 0 Å². The smallest absolute Gasteiger partial charge is 0.405 e. The first-order valence-corrected chi connectivity index (χ1v) is 15.1. The number of halogens is 2. The van der Waals surface area contributed by atoms with Gasteiger partial charge in [-0.05, 0) is 60.9 Å². The van der Waals surface area contributed by atoms with Crippen molar-refractivity contribution >= 4 is 12.0 Å². The molecular weight excluding hydrogens is 560 g/mol. The highest BCUT2D eigenvalue weighted by Crippen LogP contribution is 2.30. The summed E-state index contributed by atoms with van der Waals surface area (Å²) in [5.74, 6) is -3.12. The maximum atomic E-state index is 14.0. The van der Waals surface area contributed by atoms with Crippen molar-refractivity contribution in [2.45, 2.75) is 95.7 Å². The second kappa shape index (κ2) is 17.2. The van der Waals surface area contributed by atoms with Crippen molar-refractivity contribution in [1.29, 1.82) is 0 Å². The molecule has 9 nitrogen and oxygen atoms in total. The first-order valence-electron chi connectivity index (χ1n) is 15.1. The monoisotopic (exact) mass is 605 g/mol. The standard InChI is InChI=1S/C32H45F2N3O6/c1-3-5-11-32(42-13-7-14-43-32)12-10-27(37-31(40)41)30(39)36-28(18-24-16-25(33)19-26(34)17-24)29(38)21-35-20-23-9-6-8-22(4-2)15-23/h6,8-9,15-17,19,27-29,35,37-38H,3-5,7,10-14,18,20-21H2,1-2H3,(H,36,39)(H,40,41)/t27-,28+,29+/m1/s1. The fraction of sp³-hybridized carbons (Fsp3) is 0.562. The van der Waals surface area contributed by atoms with Crippen LogP contribution in [0, 0.1) is 11.6 Å². The van der Waals surface area contributed by atoms with Crippen molar-refractivity contribution in [2.75, 3.05) is 19.8 Å². The fourth-order valence-corrected chi connectivity index (χ4v) is 5.27. The molecule has 2 aromatic rings. The van der Waals surface area contributed by atoms with Gasteiger partial charge in [-0.15, -0.1) is 0 Å². The number of carbonyl (C=O) groups is 2. The number of carbonyl (C=O) groups excluding carboxylic acids is 1. The van der Waals surface area contributed by atoms with E-state index in [2.05, 4.69) is 28.9 Å². The molecule has 11 heteroatoms. The minimum atomic E-state index is -1.38. The van der Waals surface area contributed by atoms with Crippen LogP contribution in [0.1, 0.15) is 69.1 Å². The Morgan fingerprint density at radius 2 is 1.67 bits per heavy atom. The zero-order valence-corrected chi connectivity index (χ0v) is 25.0. The van der Waals surface area contributed by atoms with Gasteiger partial charge in [-0.25, -0.2) is 13.6 Å². The van der Waals surface area contributed by atoms with Crippen molar-refractivity contribution in [3.63, 3.8) is 0 Å². The molecule has 0 saturated carbocycles. The molecule has 3 atom stereocenters. The van der Waals surface area contributed by atoms with Crippen molar-refractivity contribution in [1.82, 2.24) is 16.0 Å². The molecule has 238 valence electrons. The number of aryl methyl sites for hydroxylation is 1. The van der Waals surface area contributed by atoms with Crippen molar-refractivity contribution in [2.24, 2.45) is 0 Å². The number of aliphatic hydroxyl groups is 1. The molecule has 0 bridgehead atoms. The largest absolute Gasteiger partial charge is 0.465 e. The Hall–Kier alpha value is -3.12. The van der Waals surface area contributed by atoms with Crippen LogP contribution in [0.25, 0.3) is 0 Å². The first-order chi connectivity index (χ1) is 20.6. The molecule has 0 aliphatic carbocycles. The molecule has 1 aliphatic heterocycles. The number of hydrogen-bond donors (Lipinski definition) is 5. The zero-order chi connectivity index (χ0) is 31.2. The van der Waals surface area contributed by atoms with Crippen LogP contribution >= 0.6 is 0 Å². The minimum absolute atomic E-state index is 0.0674. The number of ether oxygens (including phenoxy) is 2. The van der Waals surface area contributed by atoms with Crippen LogP contribution in [-0.2, 0) is 33.7 Å². The Labute approximate surface area is 252 Å². The quantitative estimate of drug-likeness (QED) is 0.180. The van der Waals surface area contributed by atoms with E-state index in [1.807, 2.05) is 25.1 Å². The van der Waals surface area contributed by atoms with Gasteiger partial charge in [0, 0.05) is 32.0 Å². The number of aliphatic hydroxyl groups excluding tert-OH is 1. The molecule has 1 saturated heterocycles. The van der Waals surface area contributed by atoms with Gasteiger partial charge < -0.3 is 35.6 Å². The average Bonchev–Trinajstić information content (AvgIpc) is 2.97. The summed E-state index contributed by atoms with van der Waals surface area (Å²) in [5, 5.41) is 28.8. The first kappa shape index (κ1) is 34.4. The zero-order valence-electron chi connectivity index (χ0n) is 25.0. The number of nitrogens with one attached hydrogen (secondary N) is 3. The van der Waals surface area contributed by atoms with Crippen molar-refractivity contribution in [3.05, 3.63) is 70.8 Å². The van der Waals surface area contributed by atoms with Gasteiger partial charge in [-0.1, -0.05) is 44.5 Å². The summed E-state index contributed by atoms with van der Waals surface area (Å²) in [6.07, 6.45) is 1.77. The van der Waals surface area contributed by atoms with Gasteiger partial charge in [0.15, 0.2) is 5.79 Å². The summed E-state index contributed by atoms with van der Waals surface area (Å²) >= 11 is 0. The lowest BCUT2D eigenvalue weighted by Gasteiger charge is -2.38. The lowest BCUT2D eigenvalue weighted by atomic mass is 9.97. The van der Waals surface area contributed by atoms with Crippen molar-refractivity contribution in [3.8, 4) is 0 Å². The van der Waals surface area contributed by atoms with Gasteiger partial charge in [-0.3, -0.25) is 4.79 Å². The van der Waals surface area contributed by atoms with Crippen LogP contribution in [-0.4, -0.2) is 65.9 Å². The lowest BCUT2D eigenvalue weighted by molar-refractivity contribution is -0.274. The highest BCUT2D eigenvalue weighted by Gasteiger charge is 2.36. The van der Waals surface area contributed by atoms with Crippen LogP contribution in [0.3, 0.4) is 0 Å². The van der Waals surface area contributed by atoms with Crippen LogP contribution in [0.2, 0.25) is 0 Å². The number of unbranched alkanes of at least 4 members (excludes halogenated alkanes) is 1. The fourth-order valence-electron chi connectivity index (χ4n) is 5.27. The van der Waals surface area contributed by atoms with E-state index in [0.717, 1.165) is 49.4 Å². The summed E-state index contributed by atoms with van der Waals surface area (Å²) in [5.41, 5.74) is 2.44. The van der Waals surface area contributed by atoms with Gasteiger partial charge in [0.25, 0.3) is 0 Å². The molecule has 2 amide bonds. The maximum absolute atomic E-state index is 14.0. The van der Waals surface area contributed by atoms with E-state index >= 15 is 0 Å². The Morgan fingerprint density at radius 3 is 2.33 bits per heavy atom. The Balaban J connectivity index is 1.73. The minimum Gasteiger partial charge on any atom is -0.465 e. The van der Waals surface area contributed by atoms with E-state index in [0.29, 0.717) is 26.2 Å². The van der Waals surface area contributed by atoms with Gasteiger partial charge in [0.1, 0.15) is 17.7 Å². The molecule has 1 aliphatic rings. The third-order valence-corrected chi connectivity index (χ3v) is 7.61. The van der Waals surface area contributed by atoms with Crippen LogP contribution in [0.4, 0.5) is 13.6 Å². The van der Waals surface area contributed by atoms with E-state index in [4.69, 9.17) is 9.47 Å². The number of hydrogen-bond acceptors (Lipinski definition) is 6. The second-order valence-corrected chi connectivity index (χ2v) is 11.1. The van der Waals surface area contributed by atoms with Crippen molar-refractivity contribution < 1.29 is 38.1 Å². The normalized spacial score (nSPS) is 16.7. The van der Waals surface area contributed by atoms with Gasteiger partial charge in [-0.2, -0.15) is 0 Å². The third-order valence-electron chi connectivity index (χ3n) is 7.61. The topological polar surface area (TPSA) is 129 Å². The number of carboxylic acid groups (broad SMARTS) is 1. The molecule has 1 fully saturated rings. The summed E-state index contributed by atoms with van der Waals surface area (Å²) in [6.45, 7) is 5.67. The molecule has 43 heavy (non-hydrogen) atoms. The second-order valence-electron chi connectivity index (χ2n) is 11.1. The molecule has 5 N–H and O–H groups in total. The van der Waals surface area contributed by atoms with Crippen LogP contribution < -0.4 is 16.0 Å². The SMILES string of the molecule is CCCCC1(CC[C@@H](NC(=O)O)C(=O)N[C@@H](Cc2cc(F)cc(F)c2)[C@@H](O)CNCc2cccc(CC)c2)OCCCO1. The predicted molar refractivity (Wildman–Crippen MR) is 158 cm³/mol. The number of amides is 2. The lowest BCUT2D eigenvalue weighted by Crippen LogP contribution is -2.55. The molecule has 2 aromatic carbocycles. The van der Waals surface area contributed by atoms with Gasteiger partial charge >= 0.3 is 6.09 Å². The van der Waals surface area contributed by atoms with Crippen LogP contribution in [0.15, 0.2) is 42.5 Å². The summed E-state index contributed by atoms with van der Waals surface area (Å²) in [4.78, 5) is 25.1. The number of benzene rings is 2. The Bertz CT molecular complexity index is 1160. The van der Waals surface area contributed by atoms with E-state index in [9.17, 15) is 28.6 Å². The van der Waals surface area contributed by atoms with E-state index in [1.165, 1.54) is 5.56 Å². The summed E-state index contributed by atoms with van der Waals surface area (Å²) < 4.78 is 39.9. The Kier molecular flexibility index (Phi) is 13.8. The highest BCUT2D eigenvalue weighted by atomic mass is 19.1. The molecule has 1 heterocycles. The average molecular weight is 606 g/mol. The number of rotatable bonds is 17. The third kappa shape index (κ3) is 11.5. The van der Waals surface area contributed by atoms with Crippen LogP contribution in [0.5, 0.6) is 0 Å². The van der Waals surface area contributed by atoms with E-state index < -0.39 is 47.6 Å². The summed E-state index contributed by atoms with van der Waals surface area (Å²) in [6, 6.07) is 8.89. The molecule has 0 spiro atoms.